The lowest BCUT2D eigenvalue weighted by Crippen LogP contribution is -2.50. The number of ether oxygens (including phenoxy) is 2. The van der Waals surface area contributed by atoms with Crippen LogP contribution in [-0.2, 0) is 14.3 Å². The van der Waals surface area contributed by atoms with Crippen molar-refractivity contribution in [3.05, 3.63) is 47.7 Å². The predicted octanol–water partition coefficient (Wildman–Crippen LogP) is 1.08. The van der Waals surface area contributed by atoms with E-state index < -0.39 is 5.91 Å². The maximum absolute atomic E-state index is 12.9. The van der Waals surface area contributed by atoms with Gasteiger partial charge in [-0.15, -0.1) is 0 Å². The number of rotatable bonds is 3. The quantitative estimate of drug-likeness (QED) is 0.905. The fourth-order valence-corrected chi connectivity index (χ4v) is 2.73. The van der Waals surface area contributed by atoms with Gasteiger partial charge in [-0.2, -0.15) is 0 Å². The molecule has 6 heteroatoms. The summed E-state index contributed by atoms with van der Waals surface area (Å²) in [5.41, 5.74) is 6.61. The van der Waals surface area contributed by atoms with Gasteiger partial charge in [0.05, 0.1) is 25.5 Å². The Balaban J connectivity index is 1.86. The summed E-state index contributed by atoms with van der Waals surface area (Å²) in [7, 11) is 0. The third-order valence-corrected chi connectivity index (χ3v) is 3.84. The van der Waals surface area contributed by atoms with Gasteiger partial charge in [0.2, 0.25) is 5.91 Å². The Kier molecular flexibility index (Phi) is 4.43. The van der Waals surface area contributed by atoms with Crippen molar-refractivity contribution in [3.8, 4) is 5.75 Å². The van der Waals surface area contributed by atoms with E-state index in [9.17, 15) is 9.59 Å². The molecule has 0 aliphatic carbocycles. The summed E-state index contributed by atoms with van der Waals surface area (Å²) in [6.07, 6.45) is 5.02. The van der Waals surface area contributed by atoms with Gasteiger partial charge in [-0.3, -0.25) is 9.59 Å². The lowest BCUT2D eigenvalue weighted by Gasteiger charge is -2.35. The van der Waals surface area contributed by atoms with Crippen molar-refractivity contribution in [2.75, 3.05) is 19.8 Å². The van der Waals surface area contributed by atoms with E-state index in [-0.39, 0.29) is 18.4 Å². The molecule has 0 radical (unpaired) electrons. The fraction of sp³-hybridized carbons (Fsp3) is 0.294. The SMILES string of the molecule is NC(=O)C[C@H]1COCCN1C(=O)C1=Cc2ccccc2OC=C1. The highest BCUT2D eigenvalue weighted by atomic mass is 16.5. The first-order valence-corrected chi connectivity index (χ1v) is 7.46. The number of nitrogens with zero attached hydrogens (tertiary/aromatic N) is 1. The first-order chi connectivity index (χ1) is 11.1. The van der Waals surface area contributed by atoms with Crippen LogP contribution < -0.4 is 10.5 Å². The number of amides is 2. The van der Waals surface area contributed by atoms with Crippen LogP contribution in [0.25, 0.3) is 6.08 Å². The maximum atomic E-state index is 12.9. The summed E-state index contributed by atoms with van der Waals surface area (Å²) < 4.78 is 10.9. The summed E-state index contributed by atoms with van der Waals surface area (Å²) in [5.74, 6) is 0.0932. The second-order valence-electron chi connectivity index (χ2n) is 5.46. The fourth-order valence-electron chi connectivity index (χ4n) is 2.73. The van der Waals surface area contributed by atoms with Crippen LogP contribution in [0, 0.1) is 0 Å². The third kappa shape index (κ3) is 3.43. The largest absolute Gasteiger partial charge is 0.464 e. The number of carbonyl (C=O) groups is 2. The predicted molar refractivity (Wildman–Crippen MR) is 84.3 cm³/mol. The monoisotopic (exact) mass is 314 g/mol. The molecule has 0 saturated carbocycles. The van der Waals surface area contributed by atoms with E-state index in [4.69, 9.17) is 15.2 Å². The molecule has 0 aromatic heterocycles. The van der Waals surface area contributed by atoms with E-state index >= 15 is 0 Å². The number of morpholine rings is 1. The van der Waals surface area contributed by atoms with Crippen molar-refractivity contribution in [2.24, 2.45) is 5.73 Å². The second-order valence-corrected chi connectivity index (χ2v) is 5.46. The third-order valence-electron chi connectivity index (χ3n) is 3.84. The summed E-state index contributed by atoms with van der Waals surface area (Å²) in [6.45, 7) is 1.20. The Morgan fingerprint density at radius 2 is 2.13 bits per heavy atom. The number of fused-ring (bicyclic) bond motifs is 1. The van der Waals surface area contributed by atoms with E-state index in [2.05, 4.69) is 0 Å². The summed E-state index contributed by atoms with van der Waals surface area (Å²) in [6, 6.07) is 7.15. The first kappa shape index (κ1) is 15.3. The highest BCUT2D eigenvalue weighted by molar-refractivity contribution is 6.01. The molecule has 1 saturated heterocycles. The van der Waals surface area contributed by atoms with Gasteiger partial charge in [0, 0.05) is 24.1 Å². The van der Waals surface area contributed by atoms with Crippen LogP contribution in [-0.4, -0.2) is 42.5 Å². The van der Waals surface area contributed by atoms with Crippen molar-refractivity contribution in [2.45, 2.75) is 12.5 Å². The molecule has 2 aliphatic rings. The van der Waals surface area contributed by atoms with Crippen LogP contribution in [0.4, 0.5) is 0 Å². The average Bonchev–Trinajstić information content (AvgIpc) is 2.76. The zero-order chi connectivity index (χ0) is 16.2. The van der Waals surface area contributed by atoms with Crippen LogP contribution in [0.15, 0.2) is 42.2 Å². The van der Waals surface area contributed by atoms with Gasteiger partial charge in [-0.1, -0.05) is 18.2 Å². The minimum Gasteiger partial charge on any atom is -0.464 e. The lowest BCUT2D eigenvalue weighted by molar-refractivity contribution is -0.137. The molecule has 1 fully saturated rings. The van der Waals surface area contributed by atoms with Gasteiger partial charge in [0.15, 0.2) is 0 Å². The van der Waals surface area contributed by atoms with Crippen LogP contribution >= 0.6 is 0 Å². The average molecular weight is 314 g/mol. The van der Waals surface area contributed by atoms with E-state index in [0.717, 1.165) is 5.56 Å². The summed E-state index contributed by atoms with van der Waals surface area (Å²) in [5, 5.41) is 0. The summed E-state index contributed by atoms with van der Waals surface area (Å²) >= 11 is 0. The molecule has 23 heavy (non-hydrogen) atoms. The van der Waals surface area contributed by atoms with E-state index in [1.54, 1.807) is 17.1 Å². The Hall–Kier alpha value is -2.60. The normalized spacial score (nSPS) is 20.1. The Labute approximate surface area is 134 Å². The van der Waals surface area contributed by atoms with Gasteiger partial charge in [-0.25, -0.2) is 0 Å². The van der Waals surface area contributed by atoms with Crippen LogP contribution in [0.5, 0.6) is 5.75 Å². The van der Waals surface area contributed by atoms with Crippen molar-refractivity contribution < 1.29 is 19.1 Å². The molecule has 3 rings (SSSR count). The maximum Gasteiger partial charge on any atom is 0.254 e. The van der Waals surface area contributed by atoms with Crippen molar-refractivity contribution >= 4 is 17.9 Å². The minimum absolute atomic E-state index is 0.0931. The Morgan fingerprint density at radius 1 is 1.30 bits per heavy atom. The van der Waals surface area contributed by atoms with Gasteiger partial charge >= 0.3 is 0 Å². The molecule has 2 heterocycles. The van der Waals surface area contributed by atoms with Crippen LogP contribution in [0.1, 0.15) is 12.0 Å². The van der Waals surface area contributed by atoms with Crippen molar-refractivity contribution in [1.82, 2.24) is 4.90 Å². The lowest BCUT2D eigenvalue weighted by atomic mass is 10.1. The smallest absolute Gasteiger partial charge is 0.254 e. The number of hydrogen-bond acceptors (Lipinski definition) is 4. The van der Waals surface area contributed by atoms with Crippen molar-refractivity contribution in [1.29, 1.82) is 0 Å². The number of benzene rings is 1. The Bertz CT molecular complexity index is 681. The molecule has 2 N–H and O–H groups in total. The molecule has 0 unspecified atom stereocenters. The van der Waals surface area contributed by atoms with Crippen molar-refractivity contribution in [3.63, 3.8) is 0 Å². The Morgan fingerprint density at radius 3 is 2.96 bits per heavy atom. The number of para-hydroxylation sites is 1. The second kappa shape index (κ2) is 6.66. The topological polar surface area (TPSA) is 81.9 Å². The minimum atomic E-state index is -0.447. The van der Waals surface area contributed by atoms with E-state index in [1.807, 2.05) is 24.3 Å². The standard InChI is InChI=1S/C17H18N2O4/c18-16(20)10-14-11-22-8-6-19(14)17(21)13-5-7-23-15-4-2-1-3-12(15)9-13/h1-5,7,9,14H,6,8,10-11H2,(H2,18,20)/t14-/m0/s1. The van der Waals surface area contributed by atoms with Gasteiger partial charge in [0.25, 0.3) is 5.91 Å². The molecule has 1 aromatic rings. The van der Waals surface area contributed by atoms with Gasteiger partial charge in [-0.05, 0) is 18.2 Å². The van der Waals surface area contributed by atoms with Crippen LogP contribution in [0.2, 0.25) is 0 Å². The van der Waals surface area contributed by atoms with E-state index in [0.29, 0.717) is 31.1 Å². The molecular formula is C17H18N2O4. The number of hydrogen-bond donors (Lipinski definition) is 1. The molecule has 0 bridgehead atoms. The molecule has 2 aliphatic heterocycles. The van der Waals surface area contributed by atoms with E-state index in [1.165, 1.54) is 6.26 Å². The molecular weight excluding hydrogens is 296 g/mol. The van der Waals surface area contributed by atoms with Gasteiger partial charge in [0.1, 0.15) is 5.75 Å². The van der Waals surface area contributed by atoms with Gasteiger partial charge < -0.3 is 20.1 Å². The zero-order valence-corrected chi connectivity index (χ0v) is 12.6. The zero-order valence-electron chi connectivity index (χ0n) is 12.6. The molecule has 120 valence electrons. The highest BCUT2D eigenvalue weighted by Gasteiger charge is 2.30. The molecule has 1 atom stereocenters. The molecule has 0 spiro atoms. The number of carbonyl (C=O) groups excluding carboxylic acids is 2. The first-order valence-electron chi connectivity index (χ1n) is 7.46. The molecule has 2 amide bonds. The molecule has 1 aromatic carbocycles. The van der Waals surface area contributed by atoms with Crippen LogP contribution in [0.3, 0.4) is 0 Å². The number of nitrogens with two attached hydrogens (primary N) is 1. The summed E-state index contributed by atoms with van der Waals surface area (Å²) in [4.78, 5) is 25.7. The molecule has 6 nitrogen and oxygen atoms in total. The number of primary amides is 1. The highest BCUT2D eigenvalue weighted by Crippen LogP contribution is 2.26.